The number of carbonyl (C=O) groups excluding carboxylic acids is 1. The lowest BCUT2D eigenvalue weighted by molar-refractivity contribution is -0.118. The Morgan fingerprint density at radius 3 is 2.50 bits per heavy atom. The summed E-state index contributed by atoms with van der Waals surface area (Å²) in [6.45, 7) is 8.05. The topological polar surface area (TPSA) is 29.1 Å². The number of rotatable bonds is 4. The van der Waals surface area contributed by atoms with Crippen LogP contribution in [0, 0.1) is 0 Å². The summed E-state index contributed by atoms with van der Waals surface area (Å²) < 4.78 is 0. The molecule has 0 saturated heterocycles. The fourth-order valence-electron chi connectivity index (χ4n) is 0.655. The Balaban J connectivity index is 3.06. The van der Waals surface area contributed by atoms with Crippen LogP contribution in [-0.2, 0) is 4.79 Å². The number of hydrogen-bond acceptors (Lipinski definition) is 1. The van der Waals surface area contributed by atoms with Crippen LogP contribution in [0.3, 0.4) is 0 Å². The van der Waals surface area contributed by atoms with Crippen LogP contribution in [0.25, 0.3) is 0 Å². The monoisotopic (exact) mass is 141 g/mol. The molecule has 10 heavy (non-hydrogen) atoms. The second-order valence-electron chi connectivity index (χ2n) is 2.54. The third-order valence-electron chi connectivity index (χ3n) is 1.15. The van der Waals surface area contributed by atoms with E-state index >= 15 is 0 Å². The highest BCUT2D eigenvalue weighted by Crippen LogP contribution is 1.97. The van der Waals surface area contributed by atoms with Gasteiger partial charge < -0.3 is 5.32 Å². The van der Waals surface area contributed by atoms with Crippen LogP contribution in [0.5, 0.6) is 0 Å². The fourth-order valence-corrected chi connectivity index (χ4v) is 0.655. The first-order chi connectivity index (χ1) is 4.63. The summed E-state index contributed by atoms with van der Waals surface area (Å²) >= 11 is 0. The van der Waals surface area contributed by atoms with Crippen molar-refractivity contribution in [2.75, 3.05) is 6.54 Å². The second-order valence-corrected chi connectivity index (χ2v) is 2.54. The van der Waals surface area contributed by atoms with E-state index in [2.05, 4.69) is 11.9 Å². The van der Waals surface area contributed by atoms with Crippen LogP contribution < -0.4 is 5.32 Å². The van der Waals surface area contributed by atoms with Gasteiger partial charge in [0.25, 0.3) is 0 Å². The van der Waals surface area contributed by atoms with Crippen molar-refractivity contribution >= 4 is 5.91 Å². The number of allylic oxidation sites excluding steroid dienone is 1. The molecule has 1 N–H and O–H groups in total. The molecular weight excluding hydrogens is 126 g/mol. The largest absolute Gasteiger partial charge is 0.356 e. The highest BCUT2D eigenvalue weighted by molar-refractivity contribution is 5.72. The third kappa shape index (κ3) is 7.21. The molecule has 0 atom stereocenters. The van der Waals surface area contributed by atoms with E-state index in [1.165, 1.54) is 12.5 Å². The van der Waals surface area contributed by atoms with Gasteiger partial charge in [0.15, 0.2) is 0 Å². The van der Waals surface area contributed by atoms with E-state index in [1.807, 2.05) is 6.92 Å². The van der Waals surface area contributed by atoms with Gasteiger partial charge in [-0.1, -0.05) is 5.57 Å². The van der Waals surface area contributed by atoms with Crippen molar-refractivity contribution in [1.29, 1.82) is 0 Å². The van der Waals surface area contributed by atoms with Crippen LogP contribution in [0.15, 0.2) is 12.2 Å². The molecule has 2 nitrogen and oxygen atoms in total. The molecule has 0 rings (SSSR count). The summed E-state index contributed by atoms with van der Waals surface area (Å²) in [5, 5.41) is 2.72. The van der Waals surface area contributed by atoms with Crippen molar-refractivity contribution in [2.24, 2.45) is 0 Å². The first-order valence-electron chi connectivity index (χ1n) is 3.51. The highest BCUT2D eigenvalue weighted by Gasteiger charge is 1.89. The highest BCUT2D eigenvalue weighted by atomic mass is 16.1. The van der Waals surface area contributed by atoms with Gasteiger partial charge in [0, 0.05) is 13.5 Å². The van der Waals surface area contributed by atoms with Crippen LogP contribution in [-0.4, -0.2) is 12.5 Å². The Kier molecular flexibility index (Phi) is 4.63. The molecule has 58 valence electrons. The smallest absolute Gasteiger partial charge is 0.216 e. The van der Waals surface area contributed by atoms with Gasteiger partial charge in [-0.3, -0.25) is 4.79 Å². The minimum absolute atomic E-state index is 0.0433. The van der Waals surface area contributed by atoms with Gasteiger partial charge in [-0.15, -0.1) is 6.58 Å². The van der Waals surface area contributed by atoms with E-state index in [0.717, 1.165) is 19.4 Å². The molecule has 1 amide bonds. The SMILES string of the molecule is C=C(C)CCCNC(C)=O. The van der Waals surface area contributed by atoms with Crippen LogP contribution in [0.4, 0.5) is 0 Å². The molecule has 0 spiro atoms. The van der Waals surface area contributed by atoms with Crippen LogP contribution >= 0.6 is 0 Å². The Hall–Kier alpha value is -0.790. The fraction of sp³-hybridized carbons (Fsp3) is 0.625. The zero-order valence-electron chi connectivity index (χ0n) is 6.74. The Labute approximate surface area is 62.3 Å². The van der Waals surface area contributed by atoms with Gasteiger partial charge in [0.2, 0.25) is 5.91 Å². The van der Waals surface area contributed by atoms with E-state index in [9.17, 15) is 4.79 Å². The second kappa shape index (κ2) is 5.03. The average Bonchev–Trinajstić information content (AvgIpc) is 1.79. The summed E-state index contributed by atoms with van der Waals surface area (Å²) in [5.41, 5.74) is 1.17. The zero-order valence-corrected chi connectivity index (χ0v) is 6.74. The molecule has 0 aromatic carbocycles. The molecular formula is C8H15NO. The zero-order chi connectivity index (χ0) is 7.98. The van der Waals surface area contributed by atoms with E-state index in [0.29, 0.717) is 0 Å². The van der Waals surface area contributed by atoms with Crippen molar-refractivity contribution in [3.63, 3.8) is 0 Å². The van der Waals surface area contributed by atoms with E-state index in [1.54, 1.807) is 0 Å². The lowest BCUT2D eigenvalue weighted by Crippen LogP contribution is -2.20. The standard InChI is InChI=1S/C8H15NO/c1-7(2)5-4-6-9-8(3)10/h1,4-6H2,2-3H3,(H,9,10). The predicted molar refractivity (Wildman–Crippen MR) is 42.7 cm³/mol. The molecule has 0 unspecified atom stereocenters. The maximum absolute atomic E-state index is 10.4. The van der Waals surface area contributed by atoms with Crippen LogP contribution in [0.2, 0.25) is 0 Å². The van der Waals surface area contributed by atoms with E-state index in [-0.39, 0.29) is 5.91 Å². The van der Waals surface area contributed by atoms with Gasteiger partial charge >= 0.3 is 0 Å². The van der Waals surface area contributed by atoms with E-state index in [4.69, 9.17) is 0 Å². The summed E-state index contributed by atoms with van der Waals surface area (Å²) in [7, 11) is 0. The quantitative estimate of drug-likeness (QED) is 0.466. The normalized spacial score (nSPS) is 9.00. The number of hydrogen-bond donors (Lipinski definition) is 1. The Morgan fingerprint density at radius 2 is 2.10 bits per heavy atom. The predicted octanol–water partition coefficient (Wildman–Crippen LogP) is 1.48. The van der Waals surface area contributed by atoms with Gasteiger partial charge in [-0.25, -0.2) is 0 Å². The lowest BCUT2D eigenvalue weighted by Gasteiger charge is -2.00. The van der Waals surface area contributed by atoms with Crippen molar-refractivity contribution < 1.29 is 4.79 Å². The molecule has 0 radical (unpaired) electrons. The van der Waals surface area contributed by atoms with Crippen molar-refractivity contribution in [1.82, 2.24) is 5.32 Å². The first-order valence-corrected chi connectivity index (χ1v) is 3.51. The lowest BCUT2D eigenvalue weighted by atomic mass is 10.2. The maximum Gasteiger partial charge on any atom is 0.216 e. The number of amides is 1. The molecule has 0 aliphatic heterocycles. The van der Waals surface area contributed by atoms with Gasteiger partial charge in [0.05, 0.1) is 0 Å². The van der Waals surface area contributed by atoms with Gasteiger partial charge in [-0.05, 0) is 19.8 Å². The summed E-state index contributed by atoms with van der Waals surface area (Å²) in [4.78, 5) is 10.4. The molecule has 0 aliphatic rings. The Morgan fingerprint density at radius 1 is 1.50 bits per heavy atom. The first kappa shape index (κ1) is 9.21. The van der Waals surface area contributed by atoms with Crippen molar-refractivity contribution in [3.05, 3.63) is 12.2 Å². The molecule has 0 aromatic rings. The molecule has 0 fully saturated rings. The maximum atomic E-state index is 10.4. The number of carbonyl (C=O) groups is 1. The molecule has 0 aliphatic carbocycles. The minimum atomic E-state index is 0.0433. The van der Waals surface area contributed by atoms with Crippen molar-refractivity contribution in [3.8, 4) is 0 Å². The van der Waals surface area contributed by atoms with Gasteiger partial charge in [-0.2, -0.15) is 0 Å². The minimum Gasteiger partial charge on any atom is -0.356 e. The van der Waals surface area contributed by atoms with E-state index < -0.39 is 0 Å². The average molecular weight is 141 g/mol. The molecule has 0 bridgehead atoms. The Bertz CT molecular complexity index is 113. The number of nitrogens with one attached hydrogen (secondary N) is 1. The molecule has 0 heterocycles. The van der Waals surface area contributed by atoms with Crippen LogP contribution in [0.1, 0.15) is 26.7 Å². The third-order valence-corrected chi connectivity index (χ3v) is 1.15. The summed E-state index contributed by atoms with van der Waals surface area (Å²) in [5.74, 6) is 0.0433. The molecule has 0 saturated carbocycles. The molecule has 2 heteroatoms. The van der Waals surface area contributed by atoms with Crippen molar-refractivity contribution in [2.45, 2.75) is 26.7 Å². The van der Waals surface area contributed by atoms with Gasteiger partial charge in [0.1, 0.15) is 0 Å². The summed E-state index contributed by atoms with van der Waals surface area (Å²) in [6, 6.07) is 0. The summed E-state index contributed by atoms with van der Waals surface area (Å²) in [6.07, 6.45) is 2.00. The molecule has 0 aromatic heterocycles.